The van der Waals surface area contributed by atoms with E-state index in [0.717, 1.165) is 19.2 Å². The Bertz CT molecular complexity index is 467. The summed E-state index contributed by atoms with van der Waals surface area (Å²) >= 11 is 0. The molecule has 7 nitrogen and oxygen atoms in total. The number of nitro benzene ring substituents is 1. The third-order valence-electron chi connectivity index (χ3n) is 1.88. The Labute approximate surface area is 89.4 Å². The van der Waals surface area contributed by atoms with Gasteiger partial charge >= 0.3 is 11.7 Å². The molecule has 0 bridgehead atoms. The van der Waals surface area contributed by atoms with Gasteiger partial charge in [-0.05, 0) is 6.07 Å². The summed E-state index contributed by atoms with van der Waals surface area (Å²) in [7, 11) is 1.16. The number of benzene rings is 1. The molecule has 0 radical (unpaired) electrons. The Morgan fingerprint density at radius 2 is 2.19 bits per heavy atom. The number of nitro groups is 1. The monoisotopic (exact) mass is 225 g/mol. The molecule has 1 aromatic rings. The van der Waals surface area contributed by atoms with E-state index in [1.54, 1.807) is 0 Å². The van der Waals surface area contributed by atoms with Crippen LogP contribution in [0.25, 0.3) is 0 Å². The van der Waals surface area contributed by atoms with Gasteiger partial charge in [-0.3, -0.25) is 14.9 Å². The Kier molecular flexibility index (Phi) is 3.19. The van der Waals surface area contributed by atoms with Crippen LogP contribution < -0.4 is 4.74 Å². The second kappa shape index (κ2) is 4.39. The number of nitrogens with zero attached hydrogens (tertiary/aromatic N) is 1. The first-order chi connectivity index (χ1) is 7.51. The minimum atomic E-state index is -1.30. The third-order valence-corrected chi connectivity index (χ3v) is 1.88. The number of aldehydes is 1. The van der Waals surface area contributed by atoms with Crippen LogP contribution in [0.1, 0.15) is 20.7 Å². The van der Waals surface area contributed by atoms with Crippen molar-refractivity contribution in [3.63, 3.8) is 0 Å². The topological polar surface area (TPSA) is 107 Å². The van der Waals surface area contributed by atoms with E-state index >= 15 is 0 Å². The van der Waals surface area contributed by atoms with Crippen LogP contribution >= 0.6 is 0 Å². The molecule has 0 atom stereocenters. The van der Waals surface area contributed by atoms with Gasteiger partial charge in [0.2, 0.25) is 0 Å². The van der Waals surface area contributed by atoms with Crippen LogP contribution in [0.5, 0.6) is 5.75 Å². The zero-order valence-electron chi connectivity index (χ0n) is 8.17. The predicted octanol–water partition coefficient (Wildman–Crippen LogP) is 1.11. The van der Waals surface area contributed by atoms with Gasteiger partial charge in [0, 0.05) is 6.07 Å². The largest absolute Gasteiger partial charge is 0.490 e. The van der Waals surface area contributed by atoms with Crippen molar-refractivity contribution in [3.8, 4) is 5.75 Å². The van der Waals surface area contributed by atoms with Crippen molar-refractivity contribution in [2.24, 2.45) is 0 Å². The number of carboxylic acids is 1. The number of hydrogen-bond acceptors (Lipinski definition) is 5. The summed E-state index contributed by atoms with van der Waals surface area (Å²) in [5, 5.41) is 19.4. The molecule has 0 aliphatic heterocycles. The van der Waals surface area contributed by atoms with Crippen molar-refractivity contribution in [1.82, 2.24) is 0 Å². The number of rotatable bonds is 4. The predicted molar refractivity (Wildman–Crippen MR) is 52.0 cm³/mol. The van der Waals surface area contributed by atoms with Gasteiger partial charge in [-0.25, -0.2) is 4.79 Å². The van der Waals surface area contributed by atoms with Gasteiger partial charge in [-0.15, -0.1) is 0 Å². The van der Waals surface area contributed by atoms with E-state index in [1.807, 2.05) is 0 Å². The molecule has 1 N–H and O–H groups in total. The lowest BCUT2D eigenvalue weighted by Gasteiger charge is -2.04. The molecular formula is C9H7NO6. The second-order valence-corrected chi connectivity index (χ2v) is 2.80. The van der Waals surface area contributed by atoms with E-state index in [4.69, 9.17) is 5.11 Å². The Morgan fingerprint density at radius 3 is 2.56 bits per heavy atom. The smallest absolute Gasteiger partial charge is 0.335 e. The number of aromatic carboxylic acids is 1. The quantitative estimate of drug-likeness (QED) is 0.467. The fourth-order valence-corrected chi connectivity index (χ4v) is 1.19. The van der Waals surface area contributed by atoms with Gasteiger partial charge < -0.3 is 9.84 Å². The van der Waals surface area contributed by atoms with Gasteiger partial charge in [0.15, 0.2) is 12.0 Å². The molecule has 0 fully saturated rings. The number of methoxy groups -OCH3 is 1. The summed E-state index contributed by atoms with van der Waals surface area (Å²) < 4.78 is 4.68. The van der Waals surface area contributed by atoms with Gasteiger partial charge in [-0.2, -0.15) is 0 Å². The molecule has 0 saturated carbocycles. The SMILES string of the molecule is COc1cc(C(=O)O)cc(C=O)c1[N+](=O)[O-]. The zero-order chi connectivity index (χ0) is 12.3. The normalized spacial score (nSPS) is 9.56. The van der Waals surface area contributed by atoms with Crippen LogP contribution in [0.3, 0.4) is 0 Å². The molecule has 1 rings (SSSR count). The Balaban J connectivity index is 3.55. The van der Waals surface area contributed by atoms with Crippen molar-refractivity contribution in [2.45, 2.75) is 0 Å². The first-order valence-electron chi connectivity index (χ1n) is 4.06. The molecular weight excluding hydrogens is 218 g/mol. The van der Waals surface area contributed by atoms with Crippen molar-refractivity contribution < 1.29 is 24.4 Å². The van der Waals surface area contributed by atoms with Crippen LogP contribution in [-0.2, 0) is 0 Å². The maximum absolute atomic E-state index is 10.7. The van der Waals surface area contributed by atoms with E-state index in [1.165, 1.54) is 0 Å². The Morgan fingerprint density at radius 1 is 1.56 bits per heavy atom. The summed E-state index contributed by atoms with van der Waals surface area (Å²) in [5.74, 6) is -1.55. The molecule has 1 aromatic carbocycles. The highest BCUT2D eigenvalue weighted by atomic mass is 16.6. The van der Waals surface area contributed by atoms with Crippen molar-refractivity contribution in [3.05, 3.63) is 33.4 Å². The molecule has 0 saturated heterocycles. The van der Waals surface area contributed by atoms with Crippen LogP contribution in [0.15, 0.2) is 12.1 Å². The fourth-order valence-electron chi connectivity index (χ4n) is 1.19. The van der Waals surface area contributed by atoms with Crippen LogP contribution in [0, 0.1) is 10.1 Å². The van der Waals surface area contributed by atoms with Gasteiger partial charge in [-0.1, -0.05) is 0 Å². The van der Waals surface area contributed by atoms with E-state index < -0.39 is 16.6 Å². The minimum Gasteiger partial charge on any atom is -0.490 e. The molecule has 0 aromatic heterocycles. The molecule has 0 aliphatic carbocycles. The van der Waals surface area contributed by atoms with E-state index in [-0.39, 0.29) is 23.2 Å². The van der Waals surface area contributed by atoms with Gasteiger partial charge in [0.25, 0.3) is 0 Å². The fraction of sp³-hybridized carbons (Fsp3) is 0.111. The summed E-state index contributed by atoms with van der Waals surface area (Å²) in [6.07, 6.45) is 0.215. The van der Waals surface area contributed by atoms with Crippen molar-refractivity contribution >= 4 is 17.9 Å². The van der Waals surface area contributed by atoms with E-state index in [2.05, 4.69) is 4.74 Å². The summed E-state index contributed by atoms with van der Waals surface area (Å²) in [5.41, 5.74) is -1.12. The highest BCUT2D eigenvalue weighted by Crippen LogP contribution is 2.31. The lowest BCUT2D eigenvalue weighted by molar-refractivity contribution is -0.386. The molecule has 84 valence electrons. The van der Waals surface area contributed by atoms with Gasteiger partial charge in [0.1, 0.15) is 0 Å². The standard InChI is InChI=1S/C9H7NO6/c1-16-7-3-5(9(12)13)2-6(4-11)8(7)10(14)15/h2-4H,1H3,(H,12,13). The lowest BCUT2D eigenvalue weighted by atomic mass is 10.1. The van der Waals surface area contributed by atoms with Crippen molar-refractivity contribution in [1.29, 1.82) is 0 Å². The second-order valence-electron chi connectivity index (χ2n) is 2.80. The minimum absolute atomic E-state index is 0.215. The number of carbonyl (C=O) groups excluding carboxylic acids is 1. The van der Waals surface area contributed by atoms with E-state index in [0.29, 0.717) is 0 Å². The van der Waals surface area contributed by atoms with E-state index in [9.17, 15) is 19.7 Å². The van der Waals surface area contributed by atoms with Crippen LogP contribution in [0.4, 0.5) is 5.69 Å². The molecule has 16 heavy (non-hydrogen) atoms. The van der Waals surface area contributed by atoms with Gasteiger partial charge in [0.05, 0.1) is 23.2 Å². The molecule has 0 heterocycles. The highest BCUT2D eigenvalue weighted by molar-refractivity contribution is 5.93. The zero-order valence-corrected chi connectivity index (χ0v) is 8.17. The summed E-state index contributed by atoms with van der Waals surface area (Å²) in [4.78, 5) is 31.2. The maximum Gasteiger partial charge on any atom is 0.335 e. The first-order valence-corrected chi connectivity index (χ1v) is 4.06. The average molecular weight is 225 g/mol. The molecule has 0 spiro atoms. The maximum atomic E-state index is 10.7. The Hall–Kier alpha value is -2.44. The van der Waals surface area contributed by atoms with Crippen molar-refractivity contribution in [2.75, 3.05) is 7.11 Å². The lowest BCUT2D eigenvalue weighted by Crippen LogP contribution is -2.03. The highest BCUT2D eigenvalue weighted by Gasteiger charge is 2.23. The first kappa shape index (κ1) is 11.6. The summed E-state index contributed by atoms with van der Waals surface area (Å²) in [6, 6.07) is 1.92. The molecule has 0 aliphatic rings. The summed E-state index contributed by atoms with van der Waals surface area (Å²) in [6.45, 7) is 0. The molecule has 0 unspecified atom stereocenters. The number of hydrogen-bond donors (Lipinski definition) is 1. The van der Waals surface area contributed by atoms with Crippen LogP contribution in [-0.4, -0.2) is 29.4 Å². The average Bonchev–Trinajstić information content (AvgIpc) is 2.26. The molecule has 7 heteroatoms. The third kappa shape index (κ3) is 1.97. The number of ether oxygens (including phenoxy) is 1. The molecule has 0 amide bonds. The number of carbonyl (C=O) groups is 2. The number of carboxylic acid groups (broad SMARTS) is 1. The van der Waals surface area contributed by atoms with Crippen LogP contribution in [0.2, 0.25) is 0 Å².